The molecule has 2 saturated carbocycles. The summed E-state index contributed by atoms with van der Waals surface area (Å²) in [7, 11) is 0. The summed E-state index contributed by atoms with van der Waals surface area (Å²) in [6.45, 7) is 5.87. The second kappa shape index (κ2) is 10.2. The Balaban J connectivity index is 1.29. The maximum Gasteiger partial charge on any atom is 0.119 e. The van der Waals surface area contributed by atoms with Gasteiger partial charge in [0.05, 0.1) is 19.3 Å². The smallest absolute Gasteiger partial charge is 0.119 e. The quantitative estimate of drug-likeness (QED) is 0.474. The molecular weight excluding hydrogens is 356 g/mol. The summed E-state index contributed by atoms with van der Waals surface area (Å²) in [5.41, 5.74) is 3.13. The van der Waals surface area contributed by atoms with Crippen LogP contribution in [-0.2, 0) is 17.6 Å². The third kappa shape index (κ3) is 5.26. The number of hydrogen-bond donors (Lipinski definition) is 0. The molecule has 2 heteroatoms. The fourth-order valence-corrected chi connectivity index (χ4v) is 6.22. The van der Waals surface area contributed by atoms with Crippen LogP contribution in [0.3, 0.4) is 0 Å². The Kier molecular flexibility index (Phi) is 7.34. The number of hydrogen-bond acceptors (Lipinski definition) is 2. The van der Waals surface area contributed by atoms with Gasteiger partial charge < -0.3 is 9.47 Å². The highest BCUT2D eigenvalue weighted by molar-refractivity contribution is 5.37. The summed E-state index contributed by atoms with van der Waals surface area (Å²) in [5.74, 6) is 4.79. The van der Waals surface area contributed by atoms with E-state index >= 15 is 0 Å². The second-order valence-corrected chi connectivity index (χ2v) is 9.71. The van der Waals surface area contributed by atoms with Crippen LogP contribution in [0.25, 0.3) is 0 Å². The van der Waals surface area contributed by atoms with Crippen molar-refractivity contribution >= 4 is 0 Å². The van der Waals surface area contributed by atoms with Crippen LogP contribution in [-0.4, -0.2) is 19.3 Å². The normalized spacial score (nSPS) is 32.0. The number of benzene rings is 1. The van der Waals surface area contributed by atoms with Crippen molar-refractivity contribution in [3.8, 4) is 5.75 Å². The SMILES string of the molecule is C/C=C/COC1CCC2CC(C3CCc4cc(OCCC)ccc4C3)CCC2C1. The minimum absolute atomic E-state index is 0.509. The molecule has 4 rings (SSSR count). The van der Waals surface area contributed by atoms with E-state index < -0.39 is 0 Å². The van der Waals surface area contributed by atoms with Gasteiger partial charge in [-0.2, -0.15) is 0 Å². The van der Waals surface area contributed by atoms with Crippen LogP contribution in [0.2, 0.25) is 0 Å². The molecule has 0 aromatic heterocycles. The van der Waals surface area contributed by atoms with Crippen molar-refractivity contribution in [2.75, 3.05) is 13.2 Å². The largest absolute Gasteiger partial charge is 0.494 e. The fourth-order valence-electron chi connectivity index (χ4n) is 6.22. The standard InChI is InChI=1S/C27H40O2/c1-3-5-15-29-27-13-11-23-17-21(7-9-25(23)19-27)20-6-8-24-18-26(28-14-4-2)12-10-22(24)16-20/h3,5,10,12,18,20-21,23,25,27H,4,6-9,11,13-17,19H2,1-2H3/b5-3+. The van der Waals surface area contributed by atoms with E-state index in [2.05, 4.69) is 44.2 Å². The third-order valence-corrected chi connectivity index (χ3v) is 7.85. The first-order chi connectivity index (χ1) is 14.3. The molecule has 3 aliphatic carbocycles. The average Bonchev–Trinajstić information content (AvgIpc) is 2.77. The summed E-state index contributed by atoms with van der Waals surface area (Å²) < 4.78 is 11.9. The van der Waals surface area contributed by atoms with Crippen molar-refractivity contribution < 1.29 is 9.47 Å². The molecule has 0 heterocycles. The zero-order chi connectivity index (χ0) is 20.1. The molecule has 0 spiro atoms. The zero-order valence-electron chi connectivity index (χ0n) is 18.6. The fraction of sp³-hybridized carbons (Fsp3) is 0.704. The lowest BCUT2D eigenvalue weighted by atomic mass is 9.62. The predicted octanol–water partition coefficient (Wildman–Crippen LogP) is 6.76. The van der Waals surface area contributed by atoms with Gasteiger partial charge in [0.2, 0.25) is 0 Å². The molecule has 0 N–H and O–H groups in total. The molecule has 2 nitrogen and oxygen atoms in total. The number of ether oxygens (including phenoxy) is 2. The summed E-state index contributed by atoms with van der Waals surface area (Å²) in [5, 5.41) is 0. The summed E-state index contributed by atoms with van der Waals surface area (Å²) in [6.07, 6.45) is 18.1. The lowest BCUT2D eigenvalue weighted by Crippen LogP contribution is -2.37. The van der Waals surface area contributed by atoms with Gasteiger partial charge in [-0.15, -0.1) is 0 Å². The monoisotopic (exact) mass is 396 g/mol. The van der Waals surface area contributed by atoms with Gasteiger partial charge in [-0.1, -0.05) is 25.1 Å². The van der Waals surface area contributed by atoms with Gasteiger partial charge in [0, 0.05) is 0 Å². The number of allylic oxidation sites excluding steroid dienone is 1. The molecule has 29 heavy (non-hydrogen) atoms. The van der Waals surface area contributed by atoms with Crippen molar-refractivity contribution in [3.63, 3.8) is 0 Å². The molecule has 0 amide bonds. The molecule has 0 radical (unpaired) electrons. The molecule has 5 unspecified atom stereocenters. The molecule has 1 aromatic rings. The highest BCUT2D eigenvalue weighted by Gasteiger charge is 2.38. The molecule has 3 aliphatic rings. The summed E-state index contributed by atoms with van der Waals surface area (Å²) >= 11 is 0. The van der Waals surface area contributed by atoms with Crippen LogP contribution in [0.1, 0.15) is 76.3 Å². The maximum atomic E-state index is 6.09. The number of aryl methyl sites for hydroxylation is 1. The molecule has 0 saturated heterocycles. The molecular formula is C27H40O2. The van der Waals surface area contributed by atoms with Crippen LogP contribution >= 0.6 is 0 Å². The van der Waals surface area contributed by atoms with E-state index in [0.717, 1.165) is 49.1 Å². The van der Waals surface area contributed by atoms with E-state index in [9.17, 15) is 0 Å². The van der Waals surface area contributed by atoms with Crippen LogP contribution in [0, 0.1) is 23.7 Å². The molecule has 0 aliphatic heterocycles. The summed E-state index contributed by atoms with van der Waals surface area (Å²) in [6, 6.07) is 6.86. The van der Waals surface area contributed by atoms with Crippen LogP contribution in [0.4, 0.5) is 0 Å². The van der Waals surface area contributed by atoms with Crippen LogP contribution in [0.5, 0.6) is 5.75 Å². The van der Waals surface area contributed by atoms with Gasteiger partial charge in [-0.3, -0.25) is 0 Å². The Morgan fingerprint density at radius 3 is 2.55 bits per heavy atom. The molecule has 2 fully saturated rings. The Morgan fingerprint density at radius 1 is 0.931 bits per heavy atom. The third-order valence-electron chi connectivity index (χ3n) is 7.85. The topological polar surface area (TPSA) is 18.5 Å². The minimum atomic E-state index is 0.509. The van der Waals surface area contributed by atoms with Gasteiger partial charge >= 0.3 is 0 Å². The van der Waals surface area contributed by atoms with E-state index in [1.54, 1.807) is 11.1 Å². The van der Waals surface area contributed by atoms with Crippen molar-refractivity contribution in [2.24, 2.45) is 23.7 Å². The van der Waals surface area contributed by atoms with E-state index in [1.807, 2.05) is 0 Å². The number of rotatable bonds is 7. The van der Waals surface area contributed by atoms with E-state index in [4.69, 9.17) is 9.47 Å². The first kappa shape index (κ1) is 21.0. The van der Waals surface area contributed by atoms with Gasteiger partial charge in [0.25, 0.3) is 0 Å². The number of fused-ring (bicyclic) bond motifs is 2. The van der Waals surface area contributed by atoms with Crippen molar-refractivity contribution in [3.05, 3.63) is 41.5 Å². The Labute approximate surface area is 178 Å². The maximum absolute atomic E-state index is 6.09. The van der Waals surface area contributed by atoms with Gasteiger partial charge in [0.15, 0.2) is 0 Å². The average molecular weight is 397 g/mol. The van der Waals surface area contributed by atoms with Gasteiger partial charge in [-0.25, -0.2) is 0 Å². The van der Waals surface area contributed by atoms with Crippen LogP contribution < -0.4 is 4.74 Å². The predicted molar refractivity (Wildman–Crippen MR) is 120 cm³/mol. The molecule has 5 atom stereocenters. The lowest BCUT2D eigenvalue weighted by molar-refractivity contribution is -0.0138. The highest BCUT2D eigenvalue weighted by Crippen LogP contribution is 2.47. The highest BCUT2D eigenvalue weighted by atomic mass is 16.5. The first-order valence-corrected chi connectivity index (χ1v) is 12.2. The molecule has 1 aromatic carbocycles. The van der Waals surface area contributed by atoms with Crippen molar-refractivity contribution in [1.29, 1.82) is 0 Å². The van der Waals surface area contributed by atoms with Crippen molar-refractivity contribution in [1.82, 2.24) is 0 Å². The second-order valence-electron chi connectivity index (χ2n) is 9.71. The Morgan fingerprint density at radius 2 is 1.72 bits per heavy atom. The minimum Gasteiger partial charge on any atom is -0.494 e. The van der Waals surface area contributed by atoms with Crippen molar-refractivity contribution in [2.45, 2.75) is 84.2 Å². The van der Waals surface area contributed by atoms with Gasteiger partial charge in [0.1, 0.15) is 5.75 Å². The summed E-state index contributed by atoms with van der Waals surface area (Å²) in [4.78, 5) is 0. The van der Waals surface area contributed by atoms with E-state index in [1.165, 1.54) is 57.8 Å². The Hall–Kier alpha value is -1.28. The first-order valence-electron chi connectivity index (χ1n) is 12.2. The van der Waals surface area contributed by atoms with E-state index in [0.29, 0.717) is 6.10 Å². The molecule has 0 bridgehead atoms. The lowest BCUT2D eigenvalue weighted by Gasteiger charge is -2.44. The van der Waals surface area contributed by atoms with Crippen LogP contribution in [0.15, 0.2) is 30.4 Å². The van der Waals surface area contributed by atoms with E-state index in [-0.39, 0.29) is 0 Å². The Bertz CT molecular complexity index is 679. The zero-order valence-corrected chi connectivity index (χ0v) is 18.6. The molecule has 160 valence electrons. The van der Waals surface area contributed by atoms with Gasteiger partial charge in [-0.05, 0) is 118 Å².